The molecule has 12 heavy (non-hydrogen) atoms. The highest BCUT2D eigenvalue weighted by molar-refractivity contribution is 6.46. The Morgan fingerprint density at radius 1 is 1.42 bits per heavy atom. The van der Waals surface area contributed by atoms with E-state index in [0.717, 1.165) is 0 Å². The summed E-state index contributed by atoms with van der Waals surface area (Å²) in [7, 11) is -1.77. The number of nitrogens with zero attached hydrogens (tertiary/aromatic N) is 1. The topological polar surface area (TPSA) is 47.9 Å². The van der Waals surface area contributed by atoms with Crippen LogP contribution in [0.1, 0.15) is 20.8 Å². The molecule has 0 aliphatic heterocycles. The predicted octanol–water partition coefficient (Wildman–Crippen LogP) is 0.543. The van der Waals surface area contributed by atoms with Crippen molar-refractivity contribution in [2.45, 2.75) is 26.4 Å². The average molecular weight is 189 g/mol. The summed E-state index contributed by atoms with van der Waals surface area (Å²) in [5.74, 6) is 0. The van der Waals surface area contributed by atoms with Crippen molar-refractivity contribution in [3.63, 3.8) is 0 Å². The van der Waals surface area contributed by atoms with Crippen LogP contribution in [-0.4, -0.2) is 34.2 Å². The van der Waals surface area contributed by atoms with Gasteiger partial charge in [-0.3, -0.25) is 0 Å². The van der Waals surface area contributed by atoms with Gasteiger partial charge in [-0.15, -0.1) is 0 Å². The Morgan fingerprint density at radius 3 is 2.25 bits per heavy atom. The van der Waals surface area contributed by atoms with Crippen LogP contribution in [0.5, 0.6) is 0 Å². The minimum atomic E-state index is -1.77. The van der Waals surface area contributed by atoms with Crippen molar-refractivity contribution in [3.05, 3.63) is 0 Å². The average Bonchev–Trinajstić information content (AvgIpc) is 2.04. The van der Waals surface area contributed by atoms with E-state index in [2.05, 4.69) is 4.99 Å². The molecule has 0 rings (SSSR count). The second-order valence-corrected chi connectivity index (χ2v) is 4.61. The normalized spacial score (nSPS) is 12.7. The molecule has 70 valence electrons. The standard InChI is InChI=1S/C7H15NO3Si/c1-4-10-12(11-5-2)7(3)8-6-9/h7,12H,4-5H2,1-3H3. The molecule has 0 aromatic heterocycles. The van der Waals surface area contributed by atoms with Crippen LogP contribution in [-0.2, 0) is 13.6 Å². The van der Waals surface area contributed by atoms with E-state index in [4.69, 9.17) is 8.85 Å². The second kappa shape index (κ2) is 7.18. The zero-order valence-corrected chi connectivity index (χ0v) is 8.90. The SMILES string of the molecule is CCO[SiH](OCC)C(C)N=C=O. The largest absolute Gasteiger partial charge is 0.396 e. The van der Waals surface area contributed by atoms with Crippen molar-refractivity contribution < 1.29 is 13.6 Å². The maximum atomic E-state index is 9.95. The highest BCUT2D eigenvalue weighted by atomic mass is 28.3. The van der Waals surface area contributed by atoms with Gasteiger partial charge in [0.1, 0.15) is 5.67 Å². The van der Waals surface area contributed by atoms with Crippen molar-refractivity contribution in [2.75, 3.05) is 13.2 Å². The van der Waals surface area contributed by atoms with Gasteiger partial charge in [0.25, 0.3) is 0 Å². The lowest BCUT2D eigenvalue weighted by molar-refractivity contribution is 0.207. The zero-order valence-electron chi connectivity index (χ0n) is 7.74. The molecule has 0 fully saturated rings. The first-order chi connectivity index (χ1) is 5.76. The van der Waals surface area contributed by atoms with Gasteiger partial charge < -0.3 is 8.85 Å². The van der Waals surface area contributed by atoms with E-state index in [1.165, 1.54) is 6.08 Å². The first kappa shape index (κ1) is 11.5. The van der Waals surface area contributed by atoms with Gasteiger partial charge in [-0.1, -0.05) is 0 Å². The third-order valence-corrected chi connectivity index (χ3v) is 3.57. The Bertz CT molecular complexity index is 153. The smallest absolute Gasteiger partial charge is 0.347 e. The van der Waals surface area contributed by atoms with Crippen LogP contribution in [0.4, 0.5) is 0 Å². The van der Waals surface area contributed by atoms with Gasteiger partial charge in [-0.2, -0.15) is 0 Å². The summed E-state index contributed by atoms with van der Waals surface area (Å²) >= 11 is 0. The molecule has 4 nitrogen and oxygen atoms in total. The zero-order chi connectivity index (χ0) is 9.40. The molecule has 0 aromatic carbocycles. The lowest BCUT2D eigenvalue weighted by Crippen LogP contribution is -2.34. The molecule has 0 bridgehead atoms. The number of aliphatic imine (C=N–C) groups is 1. The van der Waals surface area contributed by atoms with Gasteiger partial charge in [0.05, 0.1) is 0 Å². The van der Waals surface area contributed by atoms with Crippen LogP contribution >= 0.6 is 0 Å². The first-order valence-electron chi connectivity index (χ1n) is 4.06. The van der Waals surface area contributed by atoms with Crippen molar-refractivity contribution in [1.82, 2.24) is 0 Å². The summed E-state index contributed by atoms with van der Waals surface area (Å²) in [6.07, 6.45) is 1.51. The molecule has 0 saturated heterocycles. The van der Waals surface area contributed by atoms with Crippen LogP contribution in [0.15, 0.2) is 4.99 Å². The summed E-state index contributed by atoms with van der Waals surface area (Å²) in [5.41, 5.74) is -0.151. The van der Waals surface area contributed by atoms with Crippen LogP contribution in [0.2, 0.25) is 0 Å². The summed E-state index contributed by atoms with van der Waals surface area (Å²) in [5, 5.41) is 0. The summed E-state index contributed by atoms with van der Waals surface area (Å²) < 4.78 is 10.7. The highest BCUT2D eigenvalue weighted by Gasteiger charge is 2.20. The minimum absolute atomic E-state index is 0.151. The molecule has 0 aliphatic carbocycles. The van der Waals surface area contributed by atoms with E-state index in [0.29, 0.717) is 13.2 Å². The van der Waals surface area contributed by atoms with Crippen LogP contribution in [0.25, 0.3) is 0 Å². The number of rotatable bonds is 6. The minimum Gasteiger partial charge on any atom is -0.396 e. The maximum absolute atomic E-state index is 9.95. The van der Waals surface area contributed by atoms with Crippen LogP contribution < -0.4 is 0 Å². The van der Waals surface area contributed by atoms with E-state index in [1.54, 1.807) is 0 Å². The highest BCUT2D eigenvalue weighted by Crippen LogP contribution is 1.99. The maximum Gasteiger partial charge on any atom is 0.347 e. The fraction of sp³-hybridized carbons (Fsp3) is 0.857. The van der Waals surface area contributed by atoms with Gasteiger partial charge in [0.15, 0.2) is 0 Å². The summed E-state index contributed by atoms with van der Waals surface area (Å²) in [4.78, 5) is 13.5. The summed E-state index contributed by atoms with van der Waals surface area (Å²) in [6, 6.07) is 0. The van der Waals surface area contributed by atoms with Gasteiger partial charge >= 0.3 is 9.28 Å². The molecular formula is C7H15NO3Si. The number of carbonyl (C=O) groups excluding carboxylic acids is 1. The Morgan fingerprint density at radius 2 is 1.92 bits per heavy atom. The molecule has 1 unspecified atom stereocenters. The van der Waals surface area contributed by atoms with Gasteiger partial charge in [-0.05, 0) is 20.8 Å². The van der Waals surface area contributed by atoms with E-state index in [9.17, 15) is 4.79 Å². The second-order valence-electron chi connectivity index (χ2n) is 2.24. The van der Waals surface area contributed by atoms with E-state index >= 15 is 0 Å². The third-order valence-electron chi connectivity index (χ3n) is 1.31. The fourth-order valence-corrected chi connectivity index (χ4v) is 2.29. The van der Waals surface area contributed by atoms with Crippen molar-refractivity contribution in [1.29, 1.82) is 0 Å². The Balaban J connectivity index is 3.97. The Labute approximate surface area is 74.4 Å². The number of hydrogen-bond donors (Lipinski definition) is 0. The monoisotopic (exact) mass is 189 g/mol. The molecule has 0 N–H and O–H groups in total. The Kier molecular flexibility index (Phi) is 6.89. The number of hydrogen-bond acceptors (Lipinski definition) is 4. The molecule has 0 spiro atoms. The Hall–Kier alpha value is -0.483. The van der Waals surface area contributed by atoms with E-state index < -0.39 is 9.28 Å². The molecule has 0 saturated carbocycles. The molecular weight excluding hydrogens is 174 g/mol. The third kappa shape index (κ3) is 4.41. The van der Waals surface area contributed by atoms with Gasteiger partial charge in [-0.25, -0.2) is 9.79 Å². The van der Waals surface area contributed by atoms with Crippen LogP contribution in [0, 0.1) is 0 Å². The van der Waals surface area contributed by atoms with E-state index in [-0.39, 0.29) is 5.67 Å². The van der Waals surface area contributed by atoms with Crippen molar-refractivity contribution in [3.8, 4) is 0 Å². The molecule has 1 atom stereocenters. The predicted molar refractivity (Wildman–Crippen MR) is 48.0 cm³/mol. The molecule has 5 heteroatoms. The quantitative estimate of drug-likeness (QED) is 0.348. The van der Waals surface area contributed by atoms with Crippen molar-refractivity contribution >= 4 is 15.4 Å². The lowest BCUT2D eigenvalue weighted by atomic mass is 10.8. The molecule has 0 aromatic rings. The first-order valence-corrected chi connectivity index (χ1v) is 5.67. The van der Waals surface area contributed by atoms with Gasteiger partial charge in [0, 0.05) is 13.2 Å². The van der Waals surface area contributed by atoms with Gasteiger partial charge in [0.2, 0.25) is 6.08 Å². The fourth-order valence-electron chi connectivity index (χ4n) is 0.799. The molecule has 0 aliphatic rings. The lowest BCUT2D eigenvalue weighted by Gasteiger charge is -2.16. The number of isocyanates is 1. The van der Waals surface area contributed by atoms with Crippen molar-refractivity contribution in [2.24, 2.45) is 4.99 Å². The molecule has 0 radical (unpaired) electrons. The molecule has 0 amide bonds. The van der Waals surface area contributed by atoms with Crippen LogP contribution in [0.3, 0.4) is 0 Å². The molecule has 0 heterocycles. The summed E-state index contributed by atoms with van der Waals surface area (Å²) in [6.45, 7) is 6.82. The van der Waals surface area contributed by atoms with E-state index in [1.807, 2.05) is 20.8 Å².